The number of ether oxygens (including phenoxy) is 1. The Hall–Kier alpha value is -2.92. The van der Waals surface area contributed by atoms with Gasteiger partial charge in [-0.25, -0.2) is 0 Å². The number of carbonyl (C=O) groups excluding carboxylic acids is 2. The predicted octanol–water partition coefficient (Wildman–Crippen LogP) is 6.25. The van der Waals surface area contributed by atoms with Gasteiger partial charge in [-0.1, -0.05) is 89.9 Å². The minimum atomic E-state index is -0.729. The molecule has 1 aliphatic heterocycles. The van der Waals surface area contributed by atoms with Crippen molar-refractivity contribution in [3.63, 3.8) is 0 Å². The summed E-state index contributed by atoms with van der Waals surface area (Å²) in [7, 11) is 0. The number of nitrogens with one attached hydrogen (secondary N) is 1. The molecule has 4 nitrogen and oxygen atoms in total. The van der Waals surface area contributed by atoms with E-state index >= 15 is 0 Å². The van der Waals surface area contributed by atoms with Crippen LogP contribution in [0.4, 0.5) is 0 Å². The van der Waals surface area contributed by atoms with Crippen molar-refractivity contribution < 1.29 is 14.3 Å². The normalized spacial score (nSPS) is 22.1. The van der Waals surface area contributed by atoms with Gasteiger partial charge in [0.25, 0.3) is 0 Å². The SMILES string of the molecule is CCOC(=O)[C@H]1N[C@@H](c2ccccc2)[C@@H](C(=O)/C=C/c2ccccc2Cl)[C@@H]1c1ccccc1Cl. The lowest BCUT2D eigenvalue weighted by Gasteiger charge is -2.24. The summed E-state index contributed by atoms with van der Waals surface area (Å²) >= 11 is 12.9. The summed E-state index contributed by atoms with van der Waals surface area (Å²) in [6, 6.07) is 23.2. The molecule has 4 rings (SSSR count). The summed E-state index contributed by atoms with van der Waals surface area (Å²) in [5.41, 5.74) is 2.39. The van der Waals surface area contributed by atoms with Gasteiger partial charge in [0.1, 0.15) is 6.04 Å². The lowest BCUT2D eigenvalue weighted by Crippen LogP contribution is -2.37. The van der Waals surface area contributed by atoms with E-state index in [-0.39, 0.29) is 12.4 Å². The van der Waals surface area contributed by atoms with Crippen LogP contribution in [0.1, 0.15) is 35.6 Å². The molecule has 0 spiro atoms. The molecule has 4 atom stereocenters. The molecule has 1 N–H and O–H groups in total. The fraction of sp³-hybridized carbons (Fsp3) is 0.214. The van der Waals surface area contributed by atoms with Crippen LogP contribution in [0, 0.1) is 5.92 Å². The molecule has 174 valence electrons. The summed E-state index contributed by atoms with van der Waals surface area (Å²) in [5, 5.41) is 4.46. The molecule has 1 aliphatic rings. The summed E-state index contributed by atoms with van der Waals surface area (Å²) in [6.07, 6.45) is 3.26. The minimum Gasteiger partial charge on any atom is -0.465 e. The van der Waals surface area contributed by atoms with Crippen LogP contribution in [0.3, 0.4) is 0 Å². The van der Waals surface area contributed by atoms with Crippen molar-refractivity contribution in [1.82, 2.24) is 5.32 Å². The topological polar surface area (TPSA) is 55.4 Å². The first-order chi connectivity index (χ1) is 16.5. The molecule has 0 unspecified atom stereocenters. The Balaban J connectivity index is 1.80. The van der Waals surface area contributed by atoms with Gasteiger partial charge in [0.2, 0.25) is 0 Å². The Kier molecular flexibility index (Phi) is 7.84. The van der Waals surface area contributed by atoms with Crippen molar-refractivity contribution in [1.29, 1.82) is 0 Å². The van der Waals surface area contributed by atoms with Crippen LogP contribution in [0.2, 0.25) is 10.0 Å². The van der Waals surface area contributed by atoms with E-state index in [1.807, 2.05) is 66.7 Å². The first-order valence-electron chi connectivity index (χ1n) is 11.2. The molecule has 34 heavy (non-hydrogen) atoms. The number of ketones is 1. The van der Waals surface area contributed by atoms with E-state index < -0.39 is 29.9 Å². The van der Waals surface area contributed by atoms with Gasteiger partial charge >= 0.3 is 5.97 Å². The molecule has 3 aromatic rings. The third-order valence-corrected chi connectivity index (χ3v) is 6.78. The second-order valence-corrected chi connectivity index (χ2v) is 8.93. The van der Waals surface area contributed by atoms with Crippen molar-refractivity contribution in [2.75, 3.05) is 6.61 Å². The molecule has 0 amide bonds. The highest BCUT2D eigenvalue weighted by molar-refractivity contribution is 6.32. The number of carbonyl (C=O) groups is 2. The zero-order chi connectivity index (χ0) is 24.1. The number of hydrogen-bond acceptors (Lipinski definition) is 4. The fourth-order valence-electron chi connectivity index (χ4n) is 4.58. The van der Waals surface area contributed by atoms with E-state index in [1.54, 1.807) is 31.2 Å². The van der Waals surface area contributed by atoms with Crippen LogP contribution < -0.4 is 5.32 Å². The highest BCUT2D eigenvalue weighted by atomic mass is 35.5. The van der Waals surface area contributed by atoms with Gasteiger partial charge in [0, 0.05) is 22.0 Å². The lowest BCUT2D eigenvalue weighted by molar-refractivity contribution is -0.145. The molecule has 0 bridgehead atoms. The minimum absolute atomic E-state index is 0.127. The zero-order valence-electron chi connectivity index (χ0n) is 18.7. The van der Waals surface area contributed by atoms with Gasteiger partial charge in [0.15, 0.2) is 5.78 Å². The van der Waals surface area contributed by atoms with E-state index in [0.29, 0.717) is 10.0 Å². The van der Waals surface area contributed by atoms with E-state index in [2.05, 4.69) is 5.32 Å². The van der Waals surface area contributed by atoms with Crippen LogP contribution in [-0.2, 0) is 14.3 Å². The van der Waals surface area contributed by atoms with E-state index in [0.717, 1.165) is 16.7 Å². The number of hydrogen-bond donors (Lipinski definition) is 1. The Morgan fingerprint density at radius 1 is 0.912 bits per heavy atom. The first kappa shape index (κ1) is 24.2. The summed E-state index contributed by atoms with van der Waals surface area (Å²) in [6.45, 7) is 2.01. The molecule has 6 heteroatoms. The highest BCUT2D eigenvalue weighted by Crippen LogP contribution is 2.46. The van der Waals surface area contributed by atoms with E-state index in [9.17, 15) is 9.59 Å². The summed E-state index contributed by atoms with van der Waals surface area (Å²) in [4.78, 5) is 26.8. The monoisotopic (exact) mass is 493 g/mol. The highest BCUT2D eigenvalue weighted by Gasteiger charge is 2.51. The maximum Gasteiger partial charge on any atom is 0.323 e. The van der Waals surface area contributed by atoms with Crippen LogP contribution >= 0.6 is 23.2 Å². The standard InChI is InChI=1S/C28H25Cl2NO3/c1-2-34-28(33)27-24(20-13-7-9-15-22(20)30)25(26(31-27)19-11-4-3-5-12-19)23(32)17-16-18-10-6-8-14-21(18)29/h3-17,24-27,31H,2H2,1H3/b17-16+/t24-,25-,26-,27-/m0/s1. The van der Waals surface area contributed by atoms with Crippen molar-refractivity contribution in [3.8, 4) is 0 Å². The first-order valence-corrected chi connectivity index (χ1v) is 12.0. The molecule has 3 aromatic carbocycles. The third-order valence-electron chi connectivity index (χ3n) is 6.09. The van der Waals surface area contributed by atoms with Crippen molar-refractivity contribution >= 4 is 41.0 Å². The molecule has 1 heterocycles. The van der Waals surface area contributed by atoms with Crippen LogP contribution in [0.15, 0.2) is 84.9 Å². The molecular weight excluding hydrogens is 469 g/mol. The van der Waals surface area contributed by atoms with Gasteiger partial charge in [-0.05, 0) is 47.9 Å². The van der Waals surface area contributed by atoms with Gasteiger partial charge in [-0.3, -0.25) is 14.9 Å². The maximum atomic E-state index is 13.8. The molecule has 0 saturated carbocycles. The molecule has 1 saturated heterocycles. The Morgan fingerprint density at radius 3 is 2.24 bits per heavy atom. The van der Waals surface area contributed by atoms with Gasteiger partial charge in [-0.2, -0.15) is 0 Å². The van der Waals surface area contributed by atoms with Crippen molar-refractivity contribution in [3.05, 3.63) is 112 Å². The Labute approximate surface area is 209 Å². The number of halogens is 2. The number of allylic oxidation sites excluding steroid dienone is 1. The summed E-state index contributed by atoms with van der Waals surface area (Å²) < 4.78 is 5.38. The maximum absolute atomic E-state index is 13.8. The van der Waals surface area contributed by atoms with Crippen LogP contribution in [0.5, 0.6) is 0 Å². The van der Waals surface area contributed by atoms with Gasteiger partial charge < -0.3 is 4.74 Å². The molecule has 0 aromatic heterocycles. The average molecular weight is 494 g/mol. The average Bonchev–Trinajstić information content (AvgIpc) is 3.25. The molecular formula is C28H25Cl2NO3. The Morgan fingerprint density at radius 2 is 1.56 bits per heavy atom. The summed E-state index contributed by atoms with van der Waals surface area (Å²) in [5.74, 6) is -1.63. The molecule has 0 aliphatic carbocycles. The van der Waals surface area contributed by atoms with Crippen LogP contribution in [0.25, 0.3) is 6.08 Å². The van der Waals surface area contributed by atoms with Gasteiger partial charge in [0.05, 0.1) is 12.5 Å². The largest absolute Gasteiger partial charge is 0.465 e. The van der Waals surface area contributed by atoms with Crippen molar-refractivity contribution in [2.45, 2.75) is 24.9 Å². The lowest BCUT2D eigenvalue weighted by atomic mass is 9.77. The number of rotatable bonds is 7. The fourth-order valence-corrected chi connectivity index (χ4v) is 5.04. The van der Waals surface area contributed by atoms with E-state index in [4.69, 9.17) is 27.9 Å². The third kappa shape index (κ3) is 5.10. The molecule has 1 fully saturated rings. The van der Waals surface area contributed by atoms with Crippen molar-refractivity contribution in [2.24, 2.45) is 5.92 Å². The number of benzene rings is 3. The predicted molar refractivity (Wildman–Crippen MR) is 136 cm³/mol. The zero-order valence-corrected chi connectivity index (χ0v) is 20.2. The van der Waals surface area contributed by atoms with E-state index in [1.165, 1.54) is 0 Å². The quantitative estimate of drug-likeness (QED) is 0.312. The van der Waals surface area contributed by atoms with Gasteiger partial charge in [-0.15, -0.1) is 0 Å². The Bertz CT molecular complexity index is 1200. The number of esters is 1. The molecule has 0 radical (unpaired) electrons. The second kappa shape index (κ2) is 11.0. The smallest absolute Gasteiger partial charge is 0.323 e. The van der Waals surface area contributed by atoms with Crippen LogP contribution in [-0.4, -0.2) is 24.4 Å². The second-order valence-electron chi connectivity index (χ2n) is 8.12.